The van der Waals surface area contributed by atoms with E-state index >= 15 is 0 Å². The van der Waals surface area contributed by atoms with Crippen LogP contribution in [0.2, 0.25) is 5.02 Å². The van der Waals surface area contributed by atoms with Gasteiger partial charge in [-0.25, -0.2) is 0 Å². The van der Waals surface area contributed by atoms with Crippen LogP contribution in [0.1, 0.15) is 10.4 Å². The van der Waals surface area contributed by atoms with Gasteiger partial charge in [0.1, 0.15) is 5.75 Å². The lowest BCUT2D eigenvalue weighted by Crippen LogP contribution is -2.12. The largest absolute Gasteiger partial charge is 0.497 e. The Hall–Kier alpha value is -1.72. The van der Waals surface area contributed by atoms with Crippen molar-refractivity contribution in [2.45, 2.75) is 0 Å². The van der Waals surface area contributed by atoms with Crippen LogP contribution in [0.3, 0.4) is 0 Å². The molecule has 0 atom stereocenters. The Balaban J connectivity index is 2.23. The SMILES string of the molecule is COc1cc(N)cc(C(=O)Nc2ccc(Br)c(Cl)c2)c1. The van der Waals surface area contributed by atoms with Crippen LogP contribution in [0.4, 0.5) is 11.4 Å². The van der Waals surface area contributed by atoms with Crippen LogP contribution in [0, 0.1) is 0 Å². The minimum atomic E-state index is -0.283. The summed E-state index contributed by atoms with van der Waals surface area (Å²) >= 11 is 9.27. The highest BCUT2D eigenvalue weighted by Crippen LogP contribution is 2.26. The Morgan fingerprint density at radius 1 is 1.30 bits per heavy atom. The predicted octanol–water partition coefficient (Wildman–Crippen LogP) is 3.95. The molecule has 0 saturated carbocycles. The van der Waals surface area contributed by atoms with E-state index in [2.05, 4.69) is 21.2 Å². The van der Waals surface area contributed by atoms with Crippen LogP contribution in [0.5, 0.6) is 5.75 Å². The molecule has 2 rings (SSSR count). The van der Waals surface area contributed by atoms with Gasteiger partial charge in [0.25, 0.3) is 5.91 Å². The summed E-state index contributed by atoms with van der Waals surface area (Å²) in [6.07, 6.45) is 0. The first-order chi connectivity index (χ1) is 9.49. The summed E-state index contributed by atoms with van der Waals surface area (Å²) in [6.45, 7) is 0. The van der Waals surface area contributed by atoms with E-state index in [9.17, 15) is 4.79 Å². The molecule has 0 radical (unpaired) electrons. The Kier molecular flexibility index (Phi) is 4.52. The lowest BCUT2D eigenvalue weighted by atomic mass is 10.1. The Morgan fingerprint density at radius 2 is 2.05 bits per heavy atom. The maximum absolute atomic E-state index is 12.2. The lowest BCUT2D eigenvalue weighted by Gasteiger charge is -2.09. The molecule has 0 heterocycles. The highest BCUT2D eigenvalue weighted by molar-refractivity contribution is 9.10. The first-order valence-electron chi connectivity index (χ1n) is 5.70. The highest BCUT2D eigenvalue weighted by Gasteiger charge is 2.09. The van der Waals surface area contributed by atoms with Gasteiger partial charge < -0.3 is 15.8 Å². The second-order valence-electron chi connectivity index (χ2n) is 4.08. The van der Waals surface area contributed by atoms with E-state index in [0.717, 1.165) is 4.47 Å². The molecule has 0 aromatic heterocycles. The fraction of sp³-hybridized carbons (Fsp3) is 0.0714. The van der Waals surface area contributed by atoms with E-state index in [1.807, 2.05) is 0 Å². The van der Waals surface area contributed by atoms with Crippen molar-refractivity contribution in [3.05, 3.63) is 51.5 Å². The van der Waals surface area contributed by atoms with E-state index in [0.29, 0.717) is 27.7 Å². The summed E-state index contributed by atoms with van der Waals surface area (Å²) < 4.78 is 5.85. The number of carbonyl (C=O) groups is 1. The molecule has 0 bridgehead atoms. The number of methoxy groups -OCH3 is 1. The molecule has 2 aromatic rings. The summed E-state index contributed by atoms with van der Waals surface area (Å²) in [5, 5.41) is 3.27. The van der Waals surface area contributed by atoms with Crippen molar-refractivity contribution in [1.29, 1.82) is 0 Å². The van der Waals surface area contributed by atoms with Crippen molar-refractivity contribution in [2.24, 2.45) is 0 Å². The number of nitrogens with two attached hydrogens (primary N) is 1. The first kappa shape index (κ1) is 14.7. The van der Waals surface area contributed by atoms with Crippen LogP contribution in [-0.2, 0) is 0 Å². The molecule has 0 fully saturated rings. The first-order valence-corrected chi connectivity index (χ1v) is 6.87. The number of rotatable bonds is 3. The Morgan fingerprint density at radius 3 is 2.70 bits per heavy atom. The number of ether oxygens (including phenoxy) is 1. The number of nitrogens with one attached hydrogen (secondary N) is 1. The molecule has 104 valence electrons. The Labute approximate surface area is 130 Å². The number of amides is 1. The number of hydrogen-bond acceptors (Lipinski definition) is 3. The summed E-state index contributed by atoms with van der Waals surface area (Å²) in [7, 11) is 1.52. The zero-order valence-electron chi connectivity index (χ0n) is 10.6. The number of anilines is 2. The maximum Gasteiger partial charge on any atom is 0.255 e. The van der Waals surface area contributed by atoms with Crippen molar-refractivity contribution in [3.8, 4) is 5.75 Å². The standard InChI is InChI=1S/C14H12BrClN2O2/c1-20-11-5-8(4-9(17)6-11)14(19)18-10-2-3-12(15)13(16)7-10/h2-7H,17H2,1H3,(H,18,19). The molecule has 4 nitrogen and oxygen atoms in total. The second kappa shape index (κ2) is 6.15. The zero-order valence-corrected chi connectivity index (χ0v) is 13.0. The van der Waals surface area contributed by atoms with Crippen molar-refractivity contribution in [3.63, 3.8) is 0 Å². The molecule has 0 aliphatic heterocycles. The van der Waals surface area contributed by atoms with Crippen molar-refractivity contribution >= 4 is 44.8 Å². The minimum absolute atomic E-state index is 0.283. The van der Waals surface area contributed by atoms with Gasteiger partial charge in [0.15, 0.2) is 0 Å². The summed E-state index contributed by atoms with van der Waals surface area (Å²) in [4.78, 5) is 12.2. The van der Waals surface area contributed by atoms with Crippen LogP contribution in [0.15, 0.2) is 40.9 Å². The molecule has 0 aliphatic carbocycles. The quantitative estimate of drug-likeness (QED) is 0.820. The third-order valence-electron chi connectivity index (χ3n) is 2.60. The van der Waals surface area contributed by atoms with Gasteiger partial charge in [0.2, 0.25) is 0 Å². The third kappa shape index (κ3) is 3.43. The normalized spacial score (nSPS) is 10.2. The number of nitrogen functional groups attached to an aromatic ring is 1. The van der Waals surface area contributed by atoms with E-state index in [-0.39, 0.29) is 5.91 Å². The van der Waals surface area contributed by atoms with Gasteiger partial charge in [-0.05, 0) is 46.3 Å². The number of benzene rings is 2. The summed E-state index contributed by atoms with van der Waals surface area (Å²) in [6, 6.07) is 10.0. The van der Waals surface area contributed by atoms with Crippen LogP contribution in [-0.4, -0.2) is 13.0 Å². The Bertz CT molecular complexity index is 662. The molecule has 6 heteroatoms. The predicted molar refractivity (Wildman–Crippen MR) is 84.5 cm³/mol. The zero-order chi connectivity index (χ0) is 14.7. The topological polar surface area (TPSA) is 64.3 Å². The van der Waals surface area contributed by atoms with Crippen molar-refractivity contribution < 1.29 is 9.53 Å². The summed E-state index contributed by atoms with van der Waals surface area (Å²) in [5.41, 5.74) is 7.20. The van der Waals surface area contributed by atoms with Gasteiger partial charge in [0.05, 0.1) is 12.1 Å². The fourth-order valence-corrected chi connectivity index (χ4v) is 2.08. The van der Waals surface area contributed by atoms with Crippen LogP contribution < -0.4 is 15.8 Å². The van der Waals surface area contributed by atoms with E-state index < -0.39 is 0 Å². The molecule has 2 aromatic carbocycles. The average Bonchev–Trinajstić information content (AvgIpc) is 2.42. The van der Waals surface area contributed by atoms with Crippen molar-refractivity contribution in [2.75, 3.05) is 18.2 Å². The molecular weight excluding hydrogens is 344 g/mol. The van der Waals surface area contributed by atoms with Gasteiger partial charge in [-0.3, -0.25) is 4.79 Å². The van der Waals surface area contributed by atoms with E-state index in [4.69, 9.17) is 22.1 Å². The monoisotopic (exact) mass is 354 g/mol. The molecule has 0 aliphatic rings. The summed E-state index contributed by atoms with van der Waals surface area (Å²) in [5.74, 6) is 0.248. The average molecular weight is 356 g/mol. The lowest BCUT2D eigenvalue weighted by molar-refractivity contribution is 0.102. The number of carbonyl (C=O) groups excluding carboxylic acids is 1. The van der Waals surface area contributed by atoms with Gasteiger partial charge in [0, 0.05) is 27.5 Å². The van der Waals surface area contributed by atoms with Crippen LogP contribution >= 0.6 is 27.5 Å². The number of hydrogen-bond donors (Lipinski definition) is 2. The minimum Gasteiger partial charge on any atom is -0.497 e. The van der Waals surface area contributed by atoms with Crippen LogP contribution in [0.25, 0.3) is 0 Å². The third-order valence-corrected chi connectivity index (χ3v) is 3.84. The molecule has 1 amide bonds. The fourth-order valence-electron chi connectivity index (χ4n) is 1.65. The van der Waals surface area contributed by atoms with Gasteiger partial charge in [-0.1, -0.05) is 11.6 Å². The van der Waals surface area contributed by atoms with Gasteiger partial charge >= 0.3 is 0 Å². The molecule has 3 N–H and O–H groups in total. The van der Waals surface area contributed by atoms with E-state index in [1.165, 1.54) is 7.11 Å². The van der Waals surface area contributed by atoms with E-state index in [1.54, 1.807) is 36.4 Å². The van der Waals surface area contributed by atoms with Gasteiger partial charge in [-0.2, -0.15) is 0 Å². The molecular formula is C14H12BrClN2O2. The molecule has 20 heavy (non-hydrogen) atoms. The molecule has 0 saturated heterocycles. The maximum atomic E-state index is 12.2. The second-order valence-corrected chi connectivity index (χ2v) is 5.34. The molecule has 0 unspecified atom stereocenters. The van der Waals surface area contributed by atoms with Gasteiger partial charge in [-0.15, -0.1) is 0 Å². The number of halogens is 2. The van der Waals surface area contributed by atoms with Crippen molar-refractivity contribution in [1.82, 2.24) is 0 Å². The highest BCUT2D eigenvalue weighted by atomic mass is 79.9. The molecule has 0 spiro atoms. The smallest absolute Gasteiger partial charge is 0.255 e.